The van der Waals surface area contributed by atoms with Crippen molar-refractivity contribution >= 4 is 66.3 Å². The summed E-state index contributed by atoms with van der Waals surface area (Å²) in [6.45, 7) is 6.38. The molecule has 4 heterocycles. The molecule has 0 atom stereocenters. The van der Waals surface area contributed by atoms with E-state index < -0.39 is 0 Å². The van der Waals surface area contributed by atoms with Crippen LogP contribution in [0.15, 0.2) is 156 Å². The number of benzene rings is 6. The standard InChI is InChI=1S/C53H46N2O5S2/c1-3-56-35-60-51-47(55-44-27-13-7-21-38(44)39-22-8-14-28-45(39)55)34-62-53(51)41-24-10-16-30-49(41)59-32-18-17-31-58-48-29-15-9-23-40(48)52-50(57-4-2)46(33-61-52)54-42-25-11-5-19-36(42)37-20-6-12-26-43(37)54/h5-16,19-30,33-34H,3-4,17-18,31-32,35H2,1-2H3. The molecule has 0 spiro atoms. The zero-order valence-corrected chi connectivity index (χ0v) is 36.3. The fourth-order valence-electron chi connectivity index (χ4n) is 8.46. The van der Waals surface area contributed by atoms with Gasteiger partial charge in [-0.25, -0.2) is 0 Å². The van der Waals surface area contributed by atoms with Gasteiger partial charge in [-0.05, 0) is 75.2 Å². The molecule has 0 saturated heterocycles. The van der Waals surface area contributed by atoms with Crippen molar-refractivity contribution in [2.24, 2.45) is 0 Å². The van der Waals surface area contributed by atoms with Crippen molar-refractivity contribution in [2.45, 2.75) is 26.7 Å². The van der Waals surface area contributed by atoms with Crippen LogP contribution in [0.25, 0.3) is 75.9 Å². The van der Waals surface area contributed by atoms with Crippen LogP contribution in [0.4, 0.5) is 0 Å². The highest BCUT2D eigenvalue weighted by atomic mass is 32.1. The van der Waals surface area contributed by atoms with E-state index in [4.69, 9.17) is 23.7 Å². The van der Waals surface area contributed by atoms with E-state index in [1.807, 2.05) is 32.0 Å². The normalized spacial score (nSPS) is 11.6. The number of hydrogen-bond donors (Lipinski definition) is 0. The van der Waals surface area contributed by atoms with Gasteiger partial charge in [0.25, 0.3) is 0 Å². The minimum atomic E-state index is 0.151. The summed E-state index contributed by atoms with van der Waals surface area (Å²) in [5, 5.41) is 9.24. The maximum Gasteiger partial charge on any atom is 0.189 e. The highest BCUT2D eigenvalue weighted by Gasteiger charge is 2.24. The zero-order valence-electron chi connectivity index (χ0n) is 34.7. The number of hydrogen-bond acceptors (Lipinski definition) is 7. The van der Waals surface area contributed by atoms with E-state index in [9.17, 15) is 0 Å². The zero-order chi connectivity index (χ0) is 41.8. The maximum absolute atomic E-state index is 6.54. The van der Waals surface area contributed by atoms with Gasteiger partial charge in [-0.15, -0.1) is 22.7 Å². The van der Waals surface area contributed by atoms with Gasteiger partial charge in [-0.3, -0.25) is 0 Å². The first-order chi connectivity index (χ1) is 30.7. The van der Waals surface area contributed by atoms with Crippen LogP contribution in [-0.4, -0.2) is 42.4 Å². The van der Waals surface area contributed by atoms with E-state index in [1.54, 1.807) is 22.7 Å². The van der Waals surface area contributed by atoms with Crippen molar-refractivity contribution in [1.82, 2.24) is 9.13 Å². The van der Waals surface area contributed by atoms with Gasteiger partial charge in [-0.1, -0.05) is 97.1 Å². The molecule has 310 valence electrons. The Morgan fingerprint density at radius 3 is 1.23 bits per heavy atom. The predicted molar refractivity (Wildman–Crippen MR) is 257 cm³/mol. The third kappa shape index (κ3) is 7.26. The average Bonchev–Trinajstić information content (AvgIpc) is 4.09. The van der Waals surface area contributed by atoms with Crippen LogP contribution in [0.5, 0.6) is 23.0 Å². The molecular formula is C53H46N2O5S2. The predicted octanol–water partition coefficient (Wildman–Crippen LogP) is 14.3. The number of ether oxygens (including phenoxy) is 5. The minimum Gasteiger partial charge on any atom is -0.493 e. The van der Waals surface area contributed by atoms with Gasteiger partial charge in [0.1, 0.15) is 22.9 Å². The number of fused-ring (bicyclic) bond motifs is 6. The van der Waals surface area contributed by atoms with Crippen molar-refractivity contribution in [3.63, 3.8) is 0 Å². The Morgan fingerprint density at radius 2 is 0.806 bits per heavy atom. The first-order valence-corrected chi connectivity index (χ1v) is 23.0. The summed E-state index contributed by atoms with van der Waals surface area (Å²) in [6, 6.07) is 50.7. The summed E-state index contributed by atoms with van der Waals surface area (Å²) in [5.41, 5.74) is 8.60. The molecule has 0 aliphatic rings. The lowest BCUT2D eigenvalue weighted by Crippen LogP contribution is -2.06. The van der Waals surface area contributed by atoms with Crippen LogP contribution in [0.3, 0.4) is 0 Å². The van der Waals surface area contributed by atoms with Gasteiger partial charge in [-0.2, -0.15) is 0 Å². The van der Waals surface area contributed by atoms with Gasteiger partial charge >= 0.3 is 0 Å². The van der Waals surface area contributed by atoms with E-state index in [0.29, 0.717) is 26.4 Å². The highest BCUT2D eigenvalue weighted by Crippen LogP contribution is 2.49. The lowest BCUT2D eigenvalue weighted by atomic mass is 10.1. The molecule has 0 fully saturated rings. The smallest absolute Gasteiger partial charge is 0.189 e. The summed E-state index contributed by atoms with van der Waals surface area (Å²) >= 11 is 3.34. The summed E-state index contributed by atoms with van der Waals surface area (Å²) in [5.74, 6) is 3.30. The maximum atomic E-state index is 6.54. The minimum absolute atomic E-state index is 0.151. The Labute approximate surface area is 368 Å². The van der Waals surface area contributed by atoms with Crippen molar-refractivity contribution in [3.8, 4) is 55.3 Å². The molecule has 10 aromatic rings. The van der Waals surface area contributed by atoms with Crippen LogP contribution >= 0.6 is 22.7 Å². The molecule has 0 N–H and O–H groups in total. The summed E-state index contributed by atoms with van der Waals surface area (Å²) < 4.78 is 36.4. The monoisotopic (exact) mass is 854 g/mol. The molecule has 9 heteroatoms. The Balaban J connectivity index is 0.861. The van der Waals surface area contributed by atoms with Crippen LogP contribution in [0.2, 0.25) is 0 Å². The number of aromatic nitrogens is 2. The highest BCUT2D eigenvalue weighted by molar-refractivity contribution is 7.14. The van der Waals surface area contributed by atoms with Crippen LogP contribution in [0.1, 0.15) is 26.7 Å². The van der Waals surface area contributed by atoms with E-state index in [2.05, 4.69) is 147 Å². The van der Waals surface area contributed by atoms with Crippen LogP contribution in [0, 0.1) is 0 Å². The second-order valence-electron chi connectivity index (χ2n) is 14.9. The Hall–Kier alpha value is -6.52. The number of thiophene rings is 2. The topological polar surface area (TPSA) is 56.0 Å². The molecule has 0 amide bonds. The fraction of sp³-hybridized carbons (Fsp3) is 0.170. The molecule has 0 aliphatic heterocycles. The lowest BCUT2D eigenvalue weighted by Gasteiger charge is -2.15. The second-order valence-corrected chi connectivity index (χ2v) is 16.6. The van der Waals surface area contributed by atoms with Crippen LogP contribution < -0.4 is 18.9 Å². The van der Waals surface area contributed by atoms with Gasteiger partial charge in [0.05, 0.1) is 51.6 Å². The molecule has 10 rings (SSSR count). The summed E-state index contributed by atoms with van der Waals surface area (Å²) in [6.07, 6.45) is 1.65. The Bertz CT molecular complexity index is 3050. The van der Waals surface area contributed by atoms with E-state index >= 15 is 0 Å². The Morgan fingerprint density at radius 1 is 0.419 bits per heavy atom. The molecule has 62 heavy (non-hydrogen) atoms. The lowest BCUT2D eigenvalue weighted by molar-refractivity contribution is 0.0230. The molecule has 7 nitrogen and oxygen atoms in total. The number of rotatable bonds is 17. The Kier molecular flexibility index (Phi) is 11.4. The molecule has 0 bridgehead atoms. The number of para-hydroxylation sites is 6. The molecule has 0 aliphatic carbocycles. The van der Waals surface area contributed by atoms with Crippen molar-refractivity contribution in [3.05, 3.63) is 156 Å². The molecule has 4 aromatic heterocycles. The van der Waals surface area contributed by atoms with Gasteiger partial charge < -0.3 is 32.8 Å². The van der Waals surface area contributed by atoms with Crippen molar-refractivity contribution < 1.29 is 23.7 Å². The third-order valence-corrected chi connectivity index (χ3v) is 13.2. The van der Waals surface area contributed by atoms with Gasteiger partial charge in [0.15, 0.2) is 18.3 Å². The van der Waals surface area contributed by atoms with Gasteiger partial charge in [0.2, 0.25) is 0 Å². The van der Waals surface area contributed by atoms with E-state index in [1.165, 1.54) is 21.5 Å². The molecule has 0 saturated carbocycles. The van der Waals surface area contributed by atoms with E-state index in [-0.39, 0.29) is 6.79 Å². The second kappa shape index (κ2) is 17.8. The average molecular weight is 855 g/mol. The third-order valence-electron chi connectivity index (χ3n) is 11.2. The summed E-state index contributed by atoms with van der Waals surface area (Å²) in [4.78, 5) is 2.05. The first-order valence-electron chi connectivity index (χ1n) is 21.2. The molecule has 6 aromatic carbocycles. The largest absolute Gasteiger partial charge is 0.493 e. The van der Waals surface area contributed by atoms with E-state index in [0.717, 1.165) is 90.2 Å². The quantitative estimate of drug-likeness (QED) is 0.0674. The molecule has 0 unspecified atom stereocenters. The van der Waals surface area contributed by atoms with Gasteiger partial charge in [0, 0.05) is 50.0 Å². The van der Waals surface area contributed by atoms with Crippen LogP contribution in [-0.2, 0) is 4.74 Å². The summed E-state index contributed by atoms with van der Waals surface area (Å²) in [7, 11) is 0. The van der Waals surface area contributed by atoms with Crippen molar-refractivity contribution in [2.75, 3.05) is 33.2 Å². The van der Waals surface area contributed by atoms with Crippen molar-refractivity contribution in [1.29, 1.82) is 0 Å². The number of unbranched alkanes of at least 4 members (excludes halogenated alkanes) is 1. The fourth-order valence-corrected chi connectivity index (χ4v) is 10.5. The SMILES string of the molecule is CCOCOc1c(-n2c3ccccc3c3ccccc32)csc1-c1ccccc1OCCCCOc1ccccc1-c1scc(-n2c3ccccc3c3ccccc32)c1OCC. The molecular weight excluding hydrogens is 809 g/mol. The first kappa shape index (κ1) is 39.6. The molecule has 0 radical (unpaired) electrons. The number of nitrogens with zero attached hydrogens (tertiary/aromatic N) is 2.